The summed E-state index contributed by atoms with van der Waals surface area (Å²) < 4.78 is 10.8. The quantitative estimate of drug-likeness (QED) is 0.897. The maximum Gasteiger partial charge on any atom is 0.225 e. The van der Waals surface area contributed by atoms with E-state index in [9.17, 15) is 0 Å². The van der Waals surface area contributed by atoms with Gasteiger partial charge < -0.3 is 14.8 Å². The zero-order valence-corrected chi connectivity index (χ0v) is 10.6. The number of hydrogen-bond acceptors (Lipinski definition) is 5. The first-order valence-corrected chi connectivity index (χ1v) is 5.56. The van der Waals surface area contributed by atoms with E-state index in [1.807, 2.05) is 25.1 Å². The maximum absolute atomic E-state index is 5.67. The van der Waals surface area contributed by atoms with Crippen molar-refractivity contribution < 1.29 is 9.47 Å². The molecule has 5 heteroatoms. The zero-order valence-electron chi connectivity index (χ0n) is 10.6. The number of ether oxygens (including phenoxy) is 2. The summed E-state index contributed by atoms with van der Waals surface area (Å²) in [7, 11) is 3.39. The van der Waals surface area contributed by atoms with Crippen molar-refractivity contribution >= 4 is 5.95 Å². The summed E-state index contributed by atoms with van der Waals surface area (Å²) in [4.78, 5) is 8.42. The van der Waals surface area contributed by atoms with Crippen molar-refractivity contribution in [3.05, 3.63) is 36.0 Å². The van der Waals surface area contributed by atoms with Crippen molar-refractivity contribution in [2.75, 3.05) is 19.5 Å². The minimum absolute atomic E-state index is 0.500. The third kappa shape index (κ3) is 2.88. The molecule has 0 spiro atoms. The van der Waals surface area contributed by atoms with E-state index in [0.717, 1.165) is 11.4 Å². The standard InChI is InChI=1S/C13H15N3O2/c1-9-7-12(16-13(14-2)15-9)18-11-6-4-5-10(8-11)17-3/h4-8H,1-3H3,(H,14,15,16). The molecule has 0 aliphatic rings. The van der Waals surface area contributed by atoms with Crippen LogP contribution in [0.5, 0.6) is 17.4 Å². The molecule has 0 unspecified atom stereocenters. The van der Waals surface area contributed by atoms with Crippen LogP contribution in [0.2, 0.25) is 0 Å². The van der Waals surface area contributed by atoms with Crippen LogP contribution in [0.3, 0.4) is 0 Å². The average molecular weight is 245 g/mol. The summed E-state index contributed by atoms with van der Waals surface area (Å²) in [5, 5.41) is 2.89. The van der Waals surface area contributed by atoms with Crippen molar-refractivity contribution in [3.8, 4) is 17.4 Å². The first kappa shape index (κ1) is 12.2. The molecule has 0 saturated carbocycles. The van der Waals surface area contributed by atoms with Gasteiger partial charge in [-0.05, 0) is 19.1 Å². The molecule has 18 heavy (non-hydrogen) atoms. The summed E-state index contributed by atoms with van der Waals surface area (Å²) in [5.74, 6) is 2.45. The fourth-order valence-corrected chi connectivity index (χ4v) is 1.49. The van der Waals surface area contributed by atoms with Gasteiger partial charge in [0.2, 0.25) is 11.8 Å². The Bertz CT molecular complexity index is 544. The lowest BCUT2D eigenvalue weighted by Gasteiger charge is -2.08. The van der Waals surface area contributed by atoms with Gasteiger partial charge in [0.25, 0.3) is 0 Å². The van der Waals surface area contributed by atoms with E-state index in [2.05, 4.69) is 15.3 Å². The van der Waals surface area contributed by atoms with Crippen LogP contribution in [0.25, 0.3) is 0 Å². The average Bonchev–Trinajstić information content (AvgIpc) is 2.38. The molecule has 0 atom stereocenters. The maximum atomic E-state index is 5.67. The van der Waals surface area contributed by atoms with E-state index in [0.29, 0.717) is 17.6 Å². The van der Waals surface area contributed by atoms with Crippen LogP contribution < -0.4 is 14.8 Å². The van der Waals surface area contributed by atoms with Crippen LogP contribution in [0.4, 0.5) is 5.95 Å². The van der Waals surface area contributed by atoms with Crippen LogP contribution in [0.15, 0.2) is 30.3 Å². The minimum Gasteiger partial charge on any atom is -0.497 e. The highest BCUT2D eigenvalue weighted by molar-refractivity contribution is 5.37. The second kappa shape index (κ2) is 5.35. The second-order valence-electron chi connectivity index (χ2n) is 3.70. The van der Waals surface area contributed by atoms with E-state index in [-0.39, 0.29) is 0 Å². The number of aromatic nitrogens is 2. The van der Waals surface area contributed by atoms with Gasteiger partial charge in [-0.25, -0.2) is 4.98 Å². The van der Waals surface area contributed by atoms with Gasteiger partial charge in [0.15, 0.2) is 0 Å². The molecule has 0 aliphatic heterocycles. The number of methoxy groups -OCH3 is 1. The first-order chi connectivity index (χ1) is 8.71. The Kier molecular flexibility index (Phi) is 3.62. The zero-order chi connectivity index (χ0) is 13.0. The molecule has 1 aromatic heterocycles. The molecule has 2 rings (SSSR count). The molecule has 0 fully saturated rings. The van der Waals surface area contributed by atoms with E-state index in [4.69, 9.17) is 9.47 Å². The number of nitrogens with one attached hydrogen (secondary N) is 1. The normalized spacial score (nSPS) is 9.94. The highest BCUT2D eigenvalue weighted by Crippen LogP contribution is 2.24. The molecule has 1 heterocycles. The van der Waals surface area contributed by atoms with Crippen LogP contribution >= 0.6 is 0 Å². The van der Waals surface area contributed by atoms with E-state index >= 15 is 0 Å². The number of rotatable bonds is 4. The van der Waals surface area contributed by atoms with Gasteiger partial charge in [0.1, 0.15) is 11.5 Å². The molecule has 1 N–H and O–H groups in total. The fraction of sp³-hybridized carbons (Fsp3) is 0.231. The first-order valence-electron chi connectivity index (χ1n) is 5.56. The Hall–Kier alpha value is -2.30. The molecular weight excluding hydrogens is 230 g/mol. The van der Waals surface area contributed by atoms with Crippen molar-refractivity contribution in [1.29, 1.82) is 0 Å². The van der Waals surface area contributed by atoms with Crippen LogP contribution in [0, 0.1) is 6.92 Å². The van der Waals surface area contributed by atoms with Gasteiger partial charge >= 0.3 is 0 Å². The summed E-state index contributed by atoms with van der Waals surface area (Å²) >= 11 is 0. The molecule has 2 aromatic rings. The van der Waals surface area contributed by atoms with Gasteiger partial charge in [-0.2, -0.15) is 4.98 Å². The Balaban J connectivity index is 2.24. The van der Waals surface area contributed by atoms with Gasteiger partial charge in [-0.3, -0.25) is 0 Å². The summed E-state index contributed by atoms with van der Waals surface area (Å²) in [5.41, 5.74) is 0.840. The lowest BCUT2D eigenvalue weighted by molar-refractivity contribution is 0.407. The van der Waals surface area contributed by atoms with E-state index in [1.165, 1.54) is 0 Å². The number of benzene rings is 1. The summed E-state index contributed by atoms with van der Waals surface area (Å²) in [6, 6.07) is 9.15. The molecular formula is C13H15N3O2. The molecule has 94 valence electrons. The molecule has 0 bridgehead atoms. The molecule has 0 saturated heterocycles. The highest BCUT2D eigenvalue weighted by Gasteiger charge is 2.04. The van der Waals surface area contributed by atoms with Crippen LogP contribution in [-0.2, 0) is 0 Å². The van der Waals surface area contributed by atoms with E-state index < -0.39 is 0 Å². The molecule has 5 nitrogen and oxygen atoms in total. The van der Waals surface area contributed by atoms with Gasteiger partial charge in [-0.1, -0.05) is 6.07 Å². The number of aryl methyl sites for hydroxylation is 1. The fourth-order valence-electron chi connectivity index (χ4n) is 1.49. The molecule has 1 aromatic carbocycles. The number of nitrogens with zero attached hydrogens (tertiary/aromatic N) is 2. The van der Waals surface area contributed by atoms with Gasteiger partial charge in [0, 0.05) is 24.9 Å². The third-order valence-electron chi connectivity index (χ3n) is 2.32. The molecule has 0 radical (unpaired) electrons. The Morgan fingerprint density at radius 3 is 2.61 bits per heavy atom. The Morgan fingerprint density at radius 2 is 1.89 bits per heavy atom. The summed E-state index contributed by atoms with van der Waals surface area (Å²) in [6.07, 6.45) is 0. The van der Waals surface area contributed by atoms with Gasteiger partial charge in [0.05, 0.1) is 7.11 Å². The van der Waals surface area contributed by atoms with Crippen LogP contribution in [-0.4, -0.2) is 24.1 Å². The summed E-state index contributed by atoms with van der Waals surface area (Å²) in [6.45, 7) is 1.89. The Morgan fingerprint density at radius 1 is 1.11 bits per heavy atom. The van der Waals surface area contributed by atoms with Crippen LogP contribution in [0.1, 0.15) is 5.69 Å². The molecule has 0 amide bonds. The molecule has 0 aliphatic carbocycles. The number of anilines is 1. The third-order valence-corrected chi connectivity index (χ3v) is 2.32. The monoisotopic (exact) mass is 245 g/mol. The van der Waals surface area contributed by atoms with Crippen molar-refractivity contribution in [2.24, 2.45) is 0 Å². The lowest BCUT2D eigenvalue weighted by atomic mass is 10.3. The predicted octanol–water partition coefficient (Wildman–Crippen LogP) is 2.63. The van der Waals surface area contributed by atoms with Crippen molar-refractivity contribution in [2.45, 2.75) is 6.92 Å². The lowest BCUT2D eigenvalue weighted by Crippen LogP contribution is -1.99. The largest absolute Gasteiger partial charge is 0.497 e. The smallest absolute Gasteiger partial charge is 0.225 e. The van der Waals surface area contributed by atoms with E-state index in [1.54, 1.807) is 26.3 Å². The predicted molar refractivity (Wildman–Crippen MR) is 69.4 cm³/mol. The highest BCUT2D eigenvalue weighted by atomic mass is 16.5. The Labute approximate surface area is 106 Å². The SMILES string of the molecule is CNc1nc(C)cc(Oc2cccc(OC)c2)n1. The van der Waals surface area contributed by atoms with Crippen molar-refractivity contribution in [3.63, 3.8) is 0 Å². The number of hydrogen-bond donors (Lipinski definition) is 1. The topological polar surface area (TPSA) is 56.3 Å². The van der Waals surface area contributed by atoms with Crippen molar-refractivity contribution in [1.82, 2.24) is 9.97 Å². The second-order valence-corrected chi connectivity index (χ2v) is 3.70. The van der Waals surface area contributed by atoms with Gasteiger partial charge in [-0.15, -0.1) is 0 Å². The minimum atomic E-state index is 0.500.